The molecule has 168 valence electrons. The molecule has 0 saturated heterocycles. The Balaban J connectivity index is 2.71. The molecule has 0 spiro atoms. The van der Waals surface area contributed by atoms with Crippen LogP contribution < -0.4 is 5.43 Å². The highest BCUT2D eigenvalue weighted by atomic mass is 35.5. The molecule has 30 heavy (non-hydrogen) atoms. The number of carbonyl (C=O) groups excluding carboxylic acids is 3. The van der Waals surface area contributed by atoms with Crippen molar-refractivity contribution in [3.8, 4) is 0 Å². The number of rotatable bonds is 10. The molecule has 2 amide bonds. The Morgan fingerprint density at radius 1 is 1.03 bits per heavy atom. The molecule has 0 aliphatic heterocycles. The molecular formula is C21H31ClN2O6. The van der Waals surface area contributed by atoms with Crippen molar-refractivity contribution in [1.82, 2.24) is 10.4 Å². The fraction of sp³-hybridized carbons (Fsp3) is 0.571. The van der Waals surface area contributed by atoms with E-state index in [0.29, 0.717) is 29.8 Å². The lowest BCUT2D eigenvalue weighted by molar-refractivity contribution is 0.0397. The van der Waals surface area contributed by atoms with Gasteiger partial charge in [0.05, 0.1) is 31.4 Å². The van der Waals surface area contributed by atoms with Crippen molar-refractivity contribution >= 4 is 29.8 Å². The number of hydrazine groups is 1. The fourth-order valence-corrected chi connectivity index (χ4v) is 2.92. The lowest BCUT2D eigenvalue weighted by Gasteiger charge is -2.31. The van der Waals surface area contributed by atoms with Crippen LogP contribution in [0.2, 0.25) is 5.02 Å². The molecule has 1 atom stereocenters. The first-order valence-corrected chi connectivity index (χ1v) is 10.5. The first-order chi connectivity index (χ1) is 14.3. The van der Waals surface area contributed by atoms with E-state index in [1.54, 1.807) is 38.1 Å². The largest absolute Gasteiger partial charge is 0.462 e. The van der Waals surface area contributed by atoms with Gasteiger partial charge in [-0.15, -0.1) is 0 Å². The Morgan fingerprint density at radius 3 is 2.23 bits per heavy atom. The molecule has 0 aliphatic carbocycles. The van der Waals surface area contributed by atoms with Crippen LogP contribution in [0, 0.1) is 5.92 Å². The van der Waals surface area contributed by atoms with Crippen LogP contribution in [0.4, 0.5) is 9.59 Å². The van der Waals surface area contributed by atoms with Crippen molar-refractivity contribution in [2.45, 2.75) is 53.0 Å². The predicted molar refractivity (Wildman–Crippen MR) is 113 cm³/mol. The Kier molecular flexibility index (Phi) is 11.7. The standard InChI is InChI=1S/C21H31ClN2O6/c1-5-28-20(26)23-24(21(27)29-6-2)18(14-15(3)4)8-7-13-30-19(25)16-9-11-17(22)12-10-16/h9-12,15,18H,5-8,13-14H2,1-4H3,(H,23,26)/t18-/m0/s1. The first kappa shape index (κ1) is 25.6. The molecule has 0 unspecified atom stereocenters. The summed E-state index contributed by atoms with van der Waals surface area (Å²) in [7, 11) is 0. The molecule has 0 bridgehead atoms. The average molecular weight is 443 g/mol. The molecule has 9 heteroatoms. The van der Waals surface area contributed by atoms with Crippen LogP contribution in [-0.2, 0) is 14.2 Å². The first-order valence-electron chi connectivity index (χ1n) is 10.1. The predicted octanol–water partition coefficient (Wildman–Crippen LogP) is 4.81. The Bertz CT molecular complexity index is 681. The fourth-order valence-electron chi connectivity index (χ4n) is 2.79. The summed E-state index contributed by atoms with van der Waals surface area (Å²) in [4.78, 5) is 36.4. The Hall–Kier alpha value is -2.48. The van der Waals surface area contributed by atoms with Gasteiger partial charge in [0.1, 0.15) is 0 Å². The number of nitrogens with zero attached hydrogens (tertiary/aromatic N) is 1. The SMILES string of the molecule is CCOC(=O)NN(C(=O)OCC)[C@@H](CCCOC(=O)c1ccc(Cl)cc1)CC(C)C. The summed E-state index contributed by atoms with van der Waals surface area (Å²) in [5.41, 5.74) is 2.88. The molecule has 1 aromatic carbocycles. The Morgan fingerprint density at radius 2 is 1.67 bits per heavy atom. The zero-order chi connectivity index (χ0) is 22.5. The van der Waals surface area contributed by atoms with Crippen molar-refractivity contribution in [3.05, 3.63) is 34.9 Å². The number of hydrogen-bond donors (Lipinski definition) is 1. The van der Waals surface area contributed by atoms with Gasteiger partial charge in [-0.25, -0.2) is 24.8 Å². The highest BCUT2D eigenvalue weighted by Crippen LogP contribution is 2.17. The zero-order valence-electron chi connectivity index (χ0n) is 18.0. The van der Waals surface area contributed by atoms with E-state index < -0.39 is 18.2 Å². The third kappa shape index (κ3) is 9.35. The number of hydrogen-bond acceptors (Lipinski definition) is 6. The van der Waals surface area contributed by atoms with Gasteiger partial charge in [-0.2, -0.15) is 0 Å². The van der Waals surface area contributed by atoms with E-state index >= 15 is 0 Å². The highest BCUT2D eigenvalue weighted by molar-refractivity contribution is 6.30. The van der Waals surface area contributed by atoms with E-state index in [4.69, 9.17) is 25.8 Å². The second-order valence-corrected chi connectivity index (χ2v) is 7.41. The molecule has 1 N–H and O–H groups in total. The van der Waals surface area contributed by atoms with Crippen LogP contribution in [0.15, 0.2) is 24.3 Å². The second-order valence-electron chi connectivity index (χ2n) is 6.97. The van der Waals surface area contributed by atoms with Crippen molar-refractivity contribution in [2.24, 2.45) is 5.92 Å². The van der Waals surface area contributed by atoms with E-state index in [9.17, 15) is 14.4 Å². The van der Waals surface area contributed by atoms with Crippen LogP contribution in [0.5, 0.6) is 0 Å². The van der Waals surface area contributed by atoms with Gasteiger partial charge in [0.2, 0.25) is 0 Å². The van der Waals surface area contributed by atoms with E-state index in [1.807, 2.05) is 13.8 Å². The van der Waals surface area contributed by atoms with Crippen LogP contribution >= 0.6 is 11.6 Å². The van der Waals surface area contributed by atoms with Crippen molar-refractivity contribution < 1.29 is 28.6 Å². The van der Waals surface area contributed by atoms with Gasteiger partial charge in [-0.05, 0) is 63.3 Å². The maximum absolute atomic E-state index is 12.4. The van der Waals surface area contributed by atoms with Crippen LogP contribution in [0.3, 0.4) is 0 Å². The summed E-state index contributed by atoms with van der Waals surface area (Å²) in [5.74, 6) is -0.188. The van der Waals surface area contributed by atoms with E-state index in [1.165, 1.54) is 5.01 Å². The maximum Gasteiger partial charge on any atom is 0.429 e. The molecule has 0 saturated carbocycles. The third-order valence-electron chi connectivity index (χ3n) is 4.06. The summed E-state index contributed by atoms with van der Waals surface area (Å²) in [6.07, 6.45) is 0.230. The number of halogens is 1. The number of nitrogens with one attached hydrogen (secondary N) is 1. The molecule has 0 aliphatic rings. The van der Waals surface area contributed by atoms with Gasteiger partial charge >= 0.3 is 18.2 Å². The topological polar surface area (TPSA) is 94.2 Å². The van der Waals surface area contributed by atoms with Gasteiger partial charge in [0.25, 0.3) is 0 Å². The Labute approximate surface area is 182 Å². The molecule has 0 fully saturated rings. The molecule has 0 radical (unpaired) electrons. The summed E-state index contributed by atoms with van der Waals surface area (Å²) in [5, 5.41) is 1.71. The molecule has 8 nitrogen and oxygen atoms in total. The number of benzene rings is 1. The molecule has 1 aromatic rings. The van der Waals surface area contributed by atoms with Gasteiger partial charge in [-0.3, -0.25) is 0 Å². The summed E-state index contributed by atoms with van der Waals surface area (Å²) in [6.45, 7) is 7.92. The molecule has 0 aromatic heterocycles. The number of amides is 2. The lowest BCUT2D eigenvalue weighted by Crippen LogP contribution is -2.52. The summed E-state index contributed by atoms with van der Waals surface area (Å²) >= 11 is 5.82. The third-order valence-corrected chi connectivity index (χ3v) is 4.31. The summed E-state index contributed by atoms with van der Waals surface area (Å²) in [6, 6.07) is 6.09. The monoisotopic (exact) mass is 442 g/mol. The van der Waals surface area contributed by atoms with Gasteiger partial charge in [0.15, 0.2) is 0 Å². The summed E-state index contributed by atoms with van der Waals surface area (Å²) < 4.78 is 15.3. The smallest absolute Gasteiger partial charge is 0.429 e. The zero-order valence-corrected chi connectivity index (χ0v) is 18.7. The minimum Gasteiger partial charge on any atom is -0.462 e. The van der Waals surface area contributed by atoms with Crippen LogP contribution in [-0.4, -0.2) is 49.0 Å². The lowest BCUT2D eigenvalue weighted by atomic mass is 9.99. The van der Waals surface area contributed by atoms with Crippen LogP contribution in [0.1, 0.15) is 57.3 Å². The van der Waals surface area contributed by atoms with Crippen molar-refractivity contribution in [2.75, 3.05) is 19.8 Å². The number of carbonyl (C=O) groups is 3. The van der Waals surface area contributed by atoms with Crippen LogP contribution in [0.25, 0.3) is 0 Å². The maximum atomic E-state index is 12.4. The minimum absolute atomic E-state index is 0.173. The van der Waals surface area contributed by atoms with Gasteiger partial charge in [0, 0.05) is 5.02 Å². The quantitative estimate of drug-likeness (QED) is 0.242. The highest BCUT2D eigenvalue weighted by Gasteiger charge is 2.28. The molecule has 0 heterocycles. The molecular weight excluding hydrogens is 412 g/mol. The minimum atomic E-state index is -0.728. The van der Waals surface area contributed by atoms with Gasteiger partial charge < -0.3 is 14.2 Å². The number of ether oxygens (including phenoxy) is 3. The van der Waals surface area contributed by atoms with E-state index in [0.717, 1.165) is 0 Å². The van der Waals surface area contributed by atoms with Crippen molar-refractivity contribution in [3.63, 3.8) is 0 Å². The van der Waals surface area contributed by atoms with E-state index in [2.05, 4.69) is 5.43 Å². The average Bonchev–Trinajstić information content (AvgIpc) is 2.69. The second kappa shape index (κ2) is 13.7. The van der Waals surface area contributed by atoms with Crippen molar-refractivity contribution in [1.29, 1.82) is 0 Å². The van der Waals surface area contributed by atoms with E-state index in [-0.39, 0.29) is 31.8 Å². The number of esters is 1. The van der Waals surface area contributed by atoms with Gasteiger partial charge in [-0.1, -0.05) is 25.4 Å². The normalized spacial score (nSPS) is 11.5. The molecule has 1 rings (SSSR count).